The minimum absolute atomic E-state index is 0.463. The summed E-state index contributed by atoms with van der Waals surface area (Å²) < 4.78 is 6.84. The fourth-order valence-electron chi connectivity index (χ4n) is 2.87. The third-order valence-electron chi connectivity index (χ3n) is 4.19. The molecule has 1 aliphatic carbocycles. The lowest BCUT2D eigenvalue weighted by atomic mass is 9.89. The number of aromatic nitrogens is 4. The van der Waals surface area contributed by atoms with Crippen molar-refractivity contribution in [3.8, 4) is 0 Å². The maximum absolute atomic E-state index is 6.18. The molecule has 0 atom stereocenters. The van der Waals surface area contributed by atoms with Crippen LogP contribution in [0.1, 0.15) is 60.9 Å². The Morgan fingerprint density at radius 2 is 2.00 bits per heavy atom. The van der Waals surface area contributed by atoms with Crippen LogP contribution in [0.4, 0.5) is 0 Å². The van der Waals surface area contributed by atoms with Crippen LogP contribution in [-0.2, 0) is 5.75 Å². The topological polar surface area (TPSA) is 82.8 Å². The molecule has 3 rings (SSSR count). The molecule has 21 heavy (non-hydrogen) atoms. The van der Waals surface area contributed by atoms with Gasteiger partial charge in [0.25, 0.3) is 0 Å². The number of rotatable bonds is 4. The molecule has 0 radical (unpaired) electrons. The Balaban J connectivity index is 1.70. The van der Waals surface area contributed by atoms with Crippen molar-refractivity contribution in [2.75, 3.05) is 5.84 Å². The third kappa shape index (κ3) is 2.92. The molecule has 0 bridgehead atoms. The highest BCUT2D eigenvalue weighted by molar-refractivity contribution is 7.98. The van der Waals surface area contributed by atoms with Gasteiger partial charge in [-0.05, 0) is 26.7 Å². The van der Waals surface area contributed by atoms with Gasteiger partial charge in [-0.15, -0.1) is 10.2 Å². The summed E-state index contributed by atoms with van der Waals surface area (Å²) in [4.78, 5) is 0. The molecule has 2 heterocycles. The Labute approximate surface area is 128 Å². The SMILES string of the molecule is Cc1noc(C)c1CSc1nnc(C2CCCCC2)n1N. The van der Waals surface area contributed by atoms with Gasteiger partial charge in [-0.2, -0.15) is 0 Å². The normalized spacial score (nSPS) is 16.5. The summed E-state index contributed by atoms with van der Waals surface area (Å²) in [5.41, 5.74) is 2.04. The summed E-state index contributed by atoms with van der Waals surface area (Å²) in [7, 11) is 0. The van der Waals surface area contributed by atoms with Crippen LogP contribution >= 0.6 is 11.8 Å². The Hall–Kier alpha value is -1.50. The molecule has 114 valence electrons. The van der Waals surface area contributed by atoms with Gasteiger partial charge in [0.05, 0.1) is 5.69 Å². The zero-order valence-electron chi connectivity index (χ0n) is 12.5. The van der Waals surface area contributed by atoms with E-state index in [1.165, 1.54) is 32.1 Å². The average molecular weight is 307 g/mol. The second-order valence-corrected chi connectivity index (χ2v) is 6.58. The van der Waals surface area contributed by atoms with Crippen LogP contribution in [0.25, 0.3) is 0 Å². The minimum atomic E-state index is 0.463. The molecular formula is C14H21N5OS. The summed E-state index contributed by atoms with van der Waals surface area (Å²) in [5, 5.41) is 13.3. The zero-order chi connectivity index (χ0) is 14.8. The Kier molecular flexibility index (Phi) is 4.19. The zero-order valence-corrected chi connectivity index (χ0v) is 13.3. The monoisotopic (exact) mass is 307 g/mol. The molecule has 0 aliphatic heterocycles. The van der Waals surface area contributed by atoms with Gasteiger partial charge in [0, 0.05) is 17.2 Å². The minimum Gasteiger partial charge on any atom is -0.361 e. The van der Waals surface area contributed by atoms with E-state index in [9.17, 15) is 0 Å². The summed E-state index contributed by atoms with van der Waals surface area (Å²) in [6.45, 7) is 3.88. The van der Waals surface area contributed by atoms with Gasteiger partial charge in [0.15, 0.2) is 5.82 Å². The Morgan fingerprint density at radius 1 is 1.24 bits per heavy atom. The summed E-state index contributed by atoms with van der Waals surface area (Å²) in [6.07, 6.45) is 6.19. The number of thioether (sulfide) groups is 1. The third-order valence-corrected chi connectivity index (χ3v) is 5.16. The molecule has 0 aromatic carbocycles. The summed E-state index contributed by atoms with van der Waals surface area (Å²) >= 11 is 1.58. The molecule has 2 N–H and O–H groups in total. The highest BCUT2D eigenvalue weighted by Gasteiger charge is 2.22. The molecule has 0 amide bonds. The van der Waals surface area contributed by atoms with Crippen LogP contribution in [0.3, 0.4) is 0 Å². The number of hydrogen-bond acceptors (Lipinski definition) is 6. The van der Waals surface area contributed by atoms with Gasteiger partial charge in [-0.1, -0.05) is 36.2 Å². The van der Waals surface area contributed by atoms with E-state index in [0.717, 1.165) is 33.8 Å². The van der Waals surface area contributed by atoms with Crippen molar-refractivity contribution in [3.63, 3.8) is 0 Å². The van der Waals surface area contributed by atoms with Crippen molar-refractivity contribution >= 4 is 11.8 Å². The predicted octanol–water partition coefficient (Wildman–Crippen LogP) is 2.94. The number of aryl methyl sites for hydroxylation is 2. The fourth-order valence-corrected chi connectivity index (χ4v) is 3.89. The highest BCUT2D eigenvalue weighted by atomic mass is 32.2. The standard InChI is InChI=1S/C14H21N5OS/c1-9-12(10(2)20-18-9)8-21-14-17-16-13(19(14)15)11-6-4-3-5-7-11/h11H,3-8,15H2,1-2H3. The molecular weight excluding hydrogens is 286 g/mol. The molecule has 1 saturated carbocycles. The lowest BCUT2D eigenvalue weighted by Crippen LogP contribution is -2.18. The summed E-state index contributed by atoms with van der Waals surface area (Å²) in [6, 6.07) is 0. The van der Waals surface area contributed by atoms with Crippen LogP contribution in [0.2, 0.25) is 0 Å². The lowest BCUT2D eigenvalue weighted by molar-refractivity contribution is 0.392. The van der Waals surface area contributed by atoms with Crippen LogP contribution in [0, 0.1) is 13.8 Å². The van der Waals surface area contributed by atoms with E-state index >= 15 is 0 Å². The van der Waals surface area contributed by atoms with Crippen molar-refractivity contribution in [2.24, 2.45) is 0 Å². The average Bonchev–Trinajstić information content (AvgIpc) is 3.02. The van der Waals surface area contributed by atoms with E-state index in [2.05, 4.69) is 15.4 Å². The maximum atomic E-state index is 6.18. The van der Waals surface area contributed by atoms with Crippen molar-refractivity contribution in [2.45, 2.75) is 62.8 Å². The molecule has 7 heteroatoms. The quantitative estimate of drug-likeness (QED) is 0.690. The number of hydrogen-bond donors (Lipinski definition) is 1. The molecule has 0 unspecified atom stereocenters. The Bertz CT molecular complexity index is 595. The lowest BCUT2D eigenvalue weighted by Gasteiger charge is -2.20. The smallest absolute Gasteiger partial charge is 0.210 e. The number of nitrogens with two attached hydrogens (primary N) is 1. The van der Waals surface area contributed by atoms with Crippen LogP contribution in [-0.4, -0.2) is 20.0 Å². The fraction of sp³-hybridized carbons (Fsp3) is 0.643. The second-order valence-electron chi connectivity index (χ2n) is 5.64. The first-order valence-corrected chi connectivity index (χ1v) is 8.40. The maximum Gasteiger partial charge on any atom is 0.210 e. The van der Waals surface area contributed by atoms with E-state index in [1.807, 2.05) is 13.8 Å². The first kappa shape index (κ1) is 14.4. The number of nitrogen functional groups attached to an aromatic ring is 1. The first-order chi connectivity index (χ1) is 10.2. The van der Waals surface area contributed by atoms with E-state index in [-0.39, 0.29) is 0 Å². The molecule has 6 nitrogen and oxygen atoms in total. The van der Waals surface area contributed by atoms with E-state index < -0.39 is 0 Å². The molecule has 1 aliphatic rings. The van der Waals surface area contributed by atoms with Gasteiger partial charge in [0.2, 0.25) is 5.16 Å². The van der Waals surface area contributed by atoms with Crippen LogP contribution < -0.4 is 5.84 Å². The molecule has 0 spiro atoms. The van der Waals surface area contributed by atoms with Gasteiger partial charge in [-0.25, -0.2) is 4.68 Å². The van der Waals surface area contributed by atoms with E-state index in [1.54, 1.807) is 16.4 Å². The molecule has 0 saturated heterocycles. The predicted molar refractivity (Wildman–Crippen MR) is 81.5 cm³/mol. The van der Waals surface area contributed by atoms with Crippen LogP contribution in [0.15, 0.2) is 9.68 Å². The first-order valence-electron chi connectivity index (χ1n) is 7.41. The van der Waals surface area contributed by atoms with E-state index in [0.29, 0.717) is 5.92 Å². The van der Waals surface area contributed by atoms with Crippen LogP contribution in [0.5, 0.6) is 0 Å². The Morgan fingerprint density at radius 3 is 2.67 bits per heavy atom. The van der Waals surface area contributed by atoms with Crippen molar-refractivity contribution < 1.29 is 4.52 Å². The molecule has 1 fully saturated rings. The number of nitrogens with zero attached hydrogens (tertiary/aromatic N) is 4. The van der Waals surface area contributed by atoms with Gasteiger partial charge in [0.1, 0.15) is 5.76 Å². The van der Waals surface area contributed by atoms with Crippen molar-refractivity contribution in [1.29, 1.82) is 0 Å². The second kappa shape index (κ2) is 6.09. The van der Waals surface area contributed by atoms with Gasteiger partial charge in [-0.3, -0.25) is 0 Å². The van der Waals surface area contributed by atoms with Crippen molar-refractivity contribution in [1.82, 2.24) is 20.0 Å². The molecule has 2 aromatic rings. The van der Waals surface area contributed by atoms with Crippen molar-refractivity contribution in [3.05, 3.63) is 22.8 Å². The van der Waals surface area contributed by atoms with Gasteiger partial charge < -0.3 is 10.4 Å². The highest BCUT2D eigenvalue weighted by Crippen LogP contribution is 2.33. The van der Waals surface area contributed by atoms with Gasteiger partial charge >= 0.3 is 0 Å². The largest absolute Gasteiger partial charge is 0.361 e. The molecule has 2 aromatic heterocycles. The van der Waals surface area contributed by atoms with E-state index in [4.69, 9.17) is 10.4 Å². The summed E-state index contributed by atoms with van der Waals surface area (Å²) in [5.74, 6) is 9.18.